The number of carbonyl (C=O) groups excluding carboxylic acids is 1. The summed E-state index contributed by atoms with van der Waals surface area (Å²) in [6.45, 7) is 5.02. The molecule has 1 fully saturated rings. The molecule has 5 nitrogen and oxygen atoms in total. The van der Waals surface area contributed by atoms with Crippen molar-refractivity contribution in [1.82, 2.24) is 15.1 Å². The van der Waals surface area contributed by atoms with Crippen molar-refractivity contribution in [3.63, 3.8) is 0 Å². The molecule has 1 aliphatic rings. The first kappa shape index (κ1) is 15.7. The molecule has 0 saturated carbocycles. The number of nitrogens with zero attached hydrogens (tertiary/aromatic N) is 2. The quantitative estimate of drug-likeness (QED) is 0.914. The molecule has 0 bridgehead atoms. The lowest BCUT2D eigenvalue weighted by molar-refractivity contribution is -0.137. The van der Waals surface area contributed by atoms with Crippen molar-refractivity contribution in [2.24, 2.45) is 5.73 Å². The number of carbonyl (C=O) groups is 1. The fourth-order valence-electron chi connectivity index (χ4n) is 3.26. The first-order valence-electron chi connectivity index (χ1n) is 8.14. The highest BCUT2D eigenvalue weighted by atomic mass is 16.2. The molecule has 122 valence electrons. The molecule has 5 heteroatoms. The Hall–Kier alpha value is -2.14. The van der Waals surface area contributed by atoms with E-state index in [-0.39, 0.29) is 11.8 Å². The average molecular weight is 312 g/mol. The summed E-state index contributed by atoms with van der Waals surface area (Å²) in [4.78, 5) is 14.4. The van der Waals surface area contributed by atoms with Gasteiger partial charge in [0.2, 0.25) is 5.91 Å². The monoisotopic (exact) mass is 312 g/mol. The second kappa shape index (κ2) is 6.16. The summed E-state index contributed by atoms with van der Waals surface area (Å²) in [5.41, 5.74) is 8.55. The molecule has 3 N–H and O–H groups in total. The highest BCUT2D eigenvalue weighted by Gasteiger charge is 2.33. The van der Waals surface area contributed by atoms with Crippen LogP contribution in [0.4, 0.5) is 0 Å². The molecular weight excluding hydrogens is 288 g/mol. The highest BCUT2D eigenvalue weighted by molar-refractivity contribution is 5.85. The Balaban J connectivity index is 1.83. The topological polar surface area (TPSA) is 75.0 Å². The molecule has 0 aliphatic carbocycles. The van der Waals surface area contributed by atoms with Crippen LogP contribution in [0.5, 0.6) is 0 Å². The maximum absolute atomic E-state index is 12.5. The Morgan fingerprint density at radius 3 is 2.78 bits per heavy atom. The molecule has 1 aromatic heterocycles. The van der Waals surface area contributed by atoms with E-state index >= 15 is 0 Å². The maximum Gasteiger partial charge on any atom is 0.242 e. The zero-order valence-corrected chi connectivity index (χ0v) is 13.7. The van der Waals surface area contributed by atoms with Crippen LogP contribution in [0.3, 0.4) is 0 Å². The number of H-pyrrole nitrogens is 1. The molecule has 1 aromatic carbocycles. The zero-order chi connectivity index (χ0) is 16.4. The number of benzene rings is 1. The summed E-state index contributed by atoms with van der Waals surface area (Å²) in [6.07, 6.45) is 3.91. The van der Waals surface area contributed by atoms with E-state index in [4.69, 9.17) is 5.73 Å². The van der Waals surface area contributed by atoms with E-state index in [9.17, 15) is 4.79 Å². The Bertz CT molecular complexity index is 672. The molecule has 0 radical (unpaired) electrons. The molecule has 0 spiro atoms. The first-order valence-corrected chi connectivity index (χ1v) is 8.14. The van der Waals surface area contributed by atoms with E-state index < -0.39 is 5.54 Å². The van der Waals surface area contributed by atoms with Crippen molar-refractivity contribution < 1.29 is 4.79 Å². The molecule has 3 rings (SSSR count). The van der Waals surface area contributed by atoms with E-state index in [2.05, 4.69) is 22.3 Å². The molecule has 23 heavy (non-hydrogen) atoms. The van der Waals surface area contributed by atoms with Gasteiger partial charge in [-0.15, -0.1) is 0 Å². The van der Waals surface area contributed by atoms with Crippen LogP contribution in [-0.4, -0.2) is 39.6 Å². The second-order valence-electron chi connectivity index (χ2n) is 6.88. The van der Waals surface area contributed by atoms with Crippen molar-refractivity contribution in [3.8, 4) is 11.1 Å². The average Bonchev–Trinajstić information content (AvgIpc) is 3.04. The van der Waals surface area contributed by atoms with Gasteiger partial charge in [-0.25, -0.2) is 0 Å². The molecule has 1 aliphatic heterocycles. The van der Waals surface area contributed by atoms with Gasteiger partial charge in [0.15, 0.2) is 0 Å². The summed E-state index contributed by atoms with van der Waals surface area (Å²) < 4.78 is 0. The van der Waals surface area contributed by atoms with Crippen molar-refractivity contribution in [2.45, 2.75) is 38.1 Å². The smallest absolute Gasteiger partial charge is 0.242 e. The Kier molecular flexibility index (Phi) is 4.22. The minimum atomic E-state index is -0.821. The fraction of sp³-hybridized carbons (Fsp3) is 0.444. The van der Waals surface area contributed by atoms with Gasteiger partial charge >= 0.3 is 0 Å². The minimum absolute atomic E-state index is 0.0166. The number of likely N-dealkylation sites (tertiary alicyclic amines) is 1. The van der Waals surface area contributed by atoms with Crippen LogP contribution < -0.4 is 5.73 Å². The lowest BCUT2D eigenvalue weighted by Crippen LogP contribution is -2.53. The van der Waals surface area contributed by atoms with E-state index in [1.54, 1.807) is 13.8 Å². The number of aromatic amines is 1. The van der Waals surface area contributed by atoms with Crippen molar-refractivity contribution in [1.29, 1.82) is 0 Å². The van der Waals surface area contributed by atoms with Crippen molar-refractivity contribution >= 4 is 5.91 Å². The van der Waals surface area contributed by atoms with Crippen LogP contribution in [0.25, 0.3) is 11.1 Å². The second-order valence-corrected chi connectivity index (χ2v) is 6.88. The molecular formula is C18H24N4O. The van der Waals surface area contributed by atoms with Crippen LogP contribution in [0.1, 0.15) is 38.3 Å². The minimum Gasteiger partial charge on any atom is -0.340 e. The van der Waals surface area contributed by atoms with E-state index in [1.807, 2.05) is 29.3 Å². The normalized spacial score (nSPS) is 18.9. The summed E-state index contributed by atoms with van der Waals surface area (Å²) in [6, 6.07) is 10.2. The van der Waals surface area contributed by atoms with Gasteiger partial charge in [0.05, 0.1) is 11.7 Å². The predicted molar refractivity (Wildman–Crippen MR) is 90.8 cm³/mol. The molecule has 2 aromatic rings. The standard InChI is InChI=1S/C18H24N4O/c1-18(2,19)17(23)22-10-6-9-14(12-22)16-15(11-20-21-16)13-7-4-3-5-8-13/h3-5,7-8,11,14H,6,9-10,12,19H2,1-2H3,(H,20,21)/t14-/m1/s1. The van der Waals surface area contributed by atoms with Gasteiger partial charge < -0.3 is 10.6 Å². The lowest BCUT2D eigenvalue weighted by Gasteiger charge is -2.36. The molecule has 1 saturated heterocycles. The van der Waals surface area contributed by atoms with Crippen molar-refractivity contribution in [3.05, 3.63) is 42.2 Å². The van der Waals surface area contributed by atoms with Crippen LogP contribution in [0, 0.1) is 0 Å². The molecule has 2 heterocycles. The number of nitrogens with two attached hydrogens (primary N) is 1. The van der Waals surface area contributed by atoms with Crippen LogP contribution in [-0.2, 0) is 4.79 Å². The van der Waals surface area contributed by atoms with Gasteiger partial charge in [-0.05, 0) is 32.3 Å². The number of hydrogen-bond donors (Lipinski definition) is 2. The third kappa shape index (κ3) is 3.29. The van der Waals surface area contributed by atoms with Gasteiger partial charge in [-0.2, -0.15) is 5.10 Å². The van der Waals surface area contributed by atoms with Crippen LogP contribution in [0.15, 0.2) is 36.5 Å². The van der Waals surface area contributed by atoms with Gasteiger partial charge in [0.1, 0.15) is 0 Å². The number of aromatic nitrogens is 2. The lowest BCUT2D eigenvalue weighted by atomic mass is 9.89. The summed E-state index contributed by atoms with van der Waals surface area (Å²) in [5.74, 6) is 0.288. The van der Waals surface area contributed by atoms with E-state index in [1.165, 1.54) is 0 Å². The zero-order valence-electron chi connectivity index (χ0n) is 13.7. The van der Waals surface area contributed by atoms with Gasteiger partial charge in [-0.3, -0.25) is 9.89 Å². The highest BCUT2D eigenvalue weighted by Crippen LogP contribution is 2.33. The summed E-state index contributed by atoms with van der Waals surface area (Å²) in [7, 11) is 0. The first-order chi connectivity index (χ1) is 11.0. The largest absolute Gasteiger partial charge is 0.340 e. The van der Waals surface area contributed by atoms with E-state index in [0.717, 1.165) is 36.2 Å². The number of rotatable bonds is 3. The molecule has 1 atom stereocenters. The third-order valence-corrected chi connectivity index (χ3v) is 4.42. The summed E-state index contributed by atoms with van der Waals surface area (Å²) >= 11 is 0. The summed E-state index contributed by atoms with van der Waals surface area (Å²) in [5, 5.41) is 7.39. The molecule has 1 amide bonds. The van der Waals surface area contributed by atoms with Crippen molar-refractivity contribution in [2.75, 3.05) is 13.1 Å². The molecule has 0 unspecified atom stereocenters. The number of hydrogen-bond acceptors (Lipinski definition) is 3. The SMILES string of the molecule is CC(C)(N)C(=O)N1CCC[C@@H](c2[nH]ncc2-c2ccccc2)C1. The van der Waals surface area contributed by atoms with Gasteiger partial charge in [0, 0.05) is 30.3 Å². The van der Waals surface area contributed by atoms with Gasteiger partial charge in [-0.1, -0.05) is 30.3 Å². The Morgan fingerprint density at radius 2 is 2.09 bits per heavy atom. The third-order valence-electron chi connectivity index (χ3n) is 4.42. The van der Waals surface area contributed by atoms with Crippen LogP contribution in [0.2, 0.25) is 0 Å². The number of nitrogens with one attached hydrogen (secondary N) is 1. The maximum atomic E-state index is 12.5. The predicted octanol–water partition coefficient (Wildman–Crippen LogP) is 2.52. The number of piperidine rings is 1. The Labute approximate surface area is 136 Å². The van der Waals surface area contributed by atoms with Gasteiger partial charge in [0.25, 0.3) is 0 Å². The van der Waals surface area contributed by atoms with Crippen LogP contribution >= 0.6 is 0 Å². The number of amides is 1. The Morgan fingerprint density at radius 1 is 1.35 bits per heavy atom. The fourth-order valence-corrected chi connectivity index (χ4v) is 3.26. The van der Waals surface area contributed by atoms with E-state index in [0.29, 0.717) is 6.54 Å².